The van der Waals surface area contributed by atoms with E-state index in [2.05, 4.69) is 80.7 Å². The van der Waals surface area contributed by atoms with Gasteiger partial charge in [-0.2, -0.15) is 5.10 Å². The molecule has 5 nitrogen and oxygen atoms in total. The van der Waals surface area contributed by atoms with Gasteiger partial charge in [-0.1, -0.05) is 46.3 Å². The molecule has 2 aromatic heterocycles. The highest BCUT2D eigenvalue weighted by Crippen LogP contribution is 2.40. The van der Waals surface area contributed by atoms with Gasteiger partial charge in [0.1, 0.15) is 17.7 Å². The van der Waals surface area contributed by atoms with Crippen LogP contribution in [0.15, 0.2) is 65.7 Å². The molecule has 4 aromatic rings. The van der Waals surface area contributed by atoms with E-state index in [1.54, 1.807) is 17.3 Å². The minimum absolute atomic E-state index is 0.250. The lowest BCUT2D eigenvalue weighted by molar-refractivity contribution is 0.419. The fourth-order valence-electron chi connectivity index (χ4n) is 3.98. The van der Waals surface area contributed by atoms with Gasteiger partial charge in [0.15, 0.2) is 0 Å². The van der Waals surface area contributed by atoms with Crippen molar-refractivity contribution in [3.63, 3.8) is 0 Å². The first kappa shape index (κ1) is 19.6. The van der Waals surface area contributed by atoms with Crippen LogP contribution in [0.25, 0.3) is 16.3 Å². The highest BCUT2D eigenvalue weighted by atomic mass is 79.9. The molecule has 0 bridgehead atoms. The molecule has 1 aliphatic rings. The molecular formula is C23H22BrN5S. The van der Waals surface area contributed by atoms with Crippen molar-refractivity contribution in [3.05, 3.63) is 81.8 Å². The van der Waals surface area contributed by atoms with Crippen molar-refractivity contribution < 1.29 is 0 Å². The average Bonchev–Trinajstić information content (AvgIpc) is 3.45. The van der Waals surface area contributed by atoms with E-state index in [-0.39, 0.29) is 6.04 Å². The molecule has 7 heteroatoms. The lowest BCUT2D eigenvalue weighted by Gasteiger charge is -2.26. The van der Waals surface area contributed by atoms with Gasteiger partial charge in [-0.15, -0.1) is 11.3 Å². The van der Waals surface area contributed by atoms with Crippen molar-refractivity contribution in [3.8, 4) is 16.3 Å². The van der Waals surface area contributed by atoms with Gasteiger partial charge in [-0.05, 0) is 49.9 Å². The Hall–Kier alpha value is -2.35. The van der Waals surface area contributed by atoms with E-state index in [0.29, 0.717) is 6.04 Å². The van der Waals surface area contributed by atoms with Crippen LogP contribution in [0.2, 0.25) is 0 Å². The van der Waals surface area contributed by atoms with Crippen molar-refractivity contribution in [1.82, 2.24) is 25.1 Å². The molecule has 2 atom stereocenters. The number of halogens is 1. The van der Waals surface area contributed by atoms with Gasteiger partial charge in [0.05, 0.1) is 11.4 Å². The second-order valence-corrected chi connectivity index (χ2v) is 9.46. The predicted octanol–water partition coefficient (Wildman–Crippen LogP) is 5.88. The third kappa shape index (κ3) is 3.85. The normalized spacial score (nSPS) is 16.9. The molecule has 0 radical (unpaired) electrons. The average molecular weight is 480 g/mol. The summed E-state index contributed by atoms with van der Waals surface area (Å²) in [6.07, 6.45) is 6.64. The second-order valence-electron chi connectivity index (χ2n) is 7.57. The number of nitrogens with one attached hydrogen (secondary N) is 1. The zero-order valence-corrected chi connectivity index (χ0v) is 19.0. The van der Waals surface area contributed by atoms with Gasteiger partial charge in [-0.25, -0.2) is 14.6 Å². The molecule has 152 valence electrons. The van der Waals surface area contributed by atoms with Crippen molar-refractivity contribution in [1.29, 1.82) is 0 Å². The van der Waals surface area contributed by atoms with Crippen molar-refractivity contribution in [2.45, 2.75) is 38.3 Å². The number of rotatable bonds is 5. The number of fused-ring (bicyclic) bond motifs is 1. The highest BCUT2D eigenvalue weighted by molar-refractivity contribution is 9.10. The fraction of sp³-hybridized carbons (Fsp3) is 0.261. The van der Waals surface area contributed by atoms with E-state index in [0.717, 1.165) is 28.0 Å². The van der Waals surface area contributed by atoms with Crippen molar-refractivity contribution in [2.24, 2.45) is 0 Å². The summed E-state index contributed by atoms with van der Waals surface area (Å²) >= 11 is 5.50. The molecule has 2 aromatic carbocycles. The molecule has 30 heavy (non-hydrogen) atoms. The van der Waals surface area contributed by atoms with Gasteiger partial charge >= 0.3 is 0 Å². The Morgan fingerprint density at radius 2 is 2.00 bits per heavy atom. The maximum absolute atomic E-state index is 4.99. The molecule has 0 spiro atoms. The molecule has 2 heterocycles. The summed E-state index contributed by atoms with van der Waals surface area (Å²) in [5.41, 5.74) is 4.71. The smallest absolute Gasteiger partial charge is 0.138 e. The maximum atomic E-state index is 4.99. The maximum Gasteiger partial charge on any atom is 0.138 e. The second kappa shape index (κ2) is 8.41. The zero-order valence-electron chi connectivity index (χ0n) is 16.6. The van der Waals surface area contributed by atoms with Crippen LogP contribution >= 0.6 is 27.3 Å². The first-order chi connectivity index (χ1) is 14.7. The van der Waals surface area contributed by atoms with Gasteiger partial charge < -0.3 is 5.32 Å². The summed E-state index contributed by atoms with van der Waals surface area (Å²) in [6.45, 7) is 2.23. The predicted molar refractivity (Wildman–Crippen MR) is 124 cm³/mol. The van der Waals surface area contributed by atoms with E-state index in [1.165, 1.54) is 28.1 Å². The van der Waals surface area contributed by atoms with Gasteiger partial charge in [-0.3, -0.25) is 0 Å². The number of benzene rings is 2. The molecule has 0 aliphatic heterocycles. The van der Waals surface area contributed by atoms with E-state index in [9.17, 15) is 0 Å². The quantitative estimate of drug-likeness (QED) is 0.388. The van der Waals surface area contributed by atoms with Crippen LogP contribution in [0.3, 0.4) is 0 Å². The third-order valence-corrected chi connectivity index (χ3v) is 7.52. The molecule has 5 rings (SSSR count). The first-order valence-corrected chi connectivity index (χ1v) is 11.8. The van der Waals surface area contributed by atoms with Crippen LogP contribution < -0.4 is 5.32 Å². The largest absolute Gasteiger partial charge is 0.303 e. The van der Waals surface area contributed by atoms with E-state index in [1.807, 2.05) is 17.4 Å². The van der Waals surface area contributed by atoms with Crippen molar-refractivity contribution >= 4 is 27.3 Å². The summed E-state index contributed by atoms with van der Waals surface area (Å²) in [6, 6.07) is 17.4. The lowest BCUT2D eigenvalue weighted by Crippen LogP contribution is -2.27. The Kier molecular flexibility index (Phi) is 5.50. The van der Waals surface area contributed by atoms with Gasteiger partial charge in [0.25, 0.3) is 0 Å². The summed E-state index contributed by atoms with van der Waals surface area (Å²) in [5, 5.41) is 9.15. The Morgan fingerprint density at radius 3 is 2.77 bits per heavy atom. The summed E-state index contributed by atoms with van der Waals surface area (Å²) in [7, 11) is 0. The monoisotopic (exact) mass is 479 g/mol. The SMILES string of the molecule is CC(NC1CCCc2nc(-c3ccccc3Br)sc21)c1ccc(-n2cncn2)cc1. The Bertz CT molecular complexity index is 1140. The standard InChI is InChI=1S/C23H22BrN5S/c1-15(16-9-11-17(12-10-16)29-14-25-13-26-29)27-20-7-4-8-21-22(20)30-23(28-21)18-5-2-3-6-19(18)24/h2-3,5-6,9-15,20,27H,4,7-8H2,1H3. The minimum Gasteiger partial charge on any atom is -0.303 e. The Morgan fingerprint density at radius 1 is 1.17 bits per heavy atom. The highest BCUT2D eigenvalue weighted by Gasteiger charge is 2.26. The molecular weight excluding hydrogens is 458 g/mol. The molecule has 0 saturated carbocycles. The van der Waals surface area contributed by atoms with Crippen molar-refractivity contribution in [2.75, 3.05) is 0 Å². The van der Waals surface area contributed by atoms with Crippen LogP contribution in [0, 0.1) is 0 Å². The lowest BCUT2D eigenvalue weighted by atomic mass is 9.96. The van der Waals surface area contributed by atoms with Crippen LogP contribution in [0.5, 0.6) is 0 Å². The first-order valence-electron chi connectivity index (χ1n) is 10.1. The van der Waals surface area contributed by atoms with Crippen LogP contribution in [0.4, 0.5) is 0 Å². The molecule has 0 amide bonds. The number of hydrogen-bond acceptors (Lipinski definition) is 5. The Balaban J connectivity index is 1.36. The Labute approximate surface area is 188 Å². The fourth-order valence-corrected chi connectivity index (χ4v) is 5.83. The van der Waals surface area contributed by atoms with Gasteiger partial charge in [0.2, 0.25) is 0 Å². The van der Waals surface area contributed by atoms with E-state index in [4.69, 9.17) is 4.98 Å². The number of aryl methyl sites for hydroxylation is 1. The van der Waals surface area contributed by atoms with E-state index >= 15 is 0 Å². The number of thiazole rings is 1. The summed E-state index contributed by atoms with van der Waals surface area (Å²) in [5.74, 6) is 0. The summed E-state index contributed by atoms with van der Waals surface area (Å²) < 4.78 is 2.87. The number of nitrogens with zero attached hydrogens (tertiary/aromatic N) is 4. The zero-order chi connectivity index (χ0) is 20.5. The molecule has 0 saturated heterocycles. The minimum atomic E-state index is 0.250. The topological polar surface area (TPSA) is 55.6 Å². The number of hydrogen-bond donors (Lipinski definition) is 1. The molecule has 2 unspecified atom stereocenters. The third-order valence-electron chi connectivity index (χ3n) is 5.58. The molecule has 0 fully saturated rings. The molecule has 1 N–H and O–H groups in total. The molecule has 1 aliphatic carbocycles. The van der Waals surface area contributed by atoms with Crippen LogP contribution in [-0.4, -0.2) is 19.7 Å². The van der Waals surface area contributed by atoms with Gasteiger partial charge in [0, 0.05) is 27.0 Å². The van der Waals surface area contributed by atoms with Crippen LogP contribution in [-0.2, 0) is 6.42 Å². The number of aromatic nitrogens is 4. The van der Waals surface area contributed by atoms with Crippen LogP contribution in [0.1, 0.15) is 48.0 Å². The van der Waals surface area contributed by atoms with E-state index < -0.39 is 0 Å². The summed E-state index contributed by atoms with van der Waals surface area (Å²) in [4.78, 5) is 10.4.